The van der Waals surface area contributed by atoms with E-state index in [4.69, 9.17) is 30.6 Å². The first kappa shape index (κ1) is 37.8. The van der Waals surface area contributed by atoms with Crippen LogP contribution < -0.4 is 0 Å². The van der Waals surface area contributed by atoms with Crippen molar-refractivity contribution in [3.05, 3.63) is 24.3 Å². The summed E-state index contributed by atoms with van der Waals surface area (Å²) in [4.78, 5) is 19.9. The Bertz CT molecular complexity index is 498. The summed E-state index contributed by atoms with van der Waals surface area (Å²) in [5, 5.41) is 50.4. The van der Waals surface area contributed by atoms with Gasteiger partial charge >= 0.3 is 11.9 Å². The number of carboxylic acid groups (broad SMARTS) is 2. The molecule has 0 bridgehead atoms. The van der Waals surface area contributed by atoms with Gasteiger partial charge in [-0.2, -0.15) is 0 Å². The predicted molar refractivity (Wildman–Crippen MR) is 140 cm³/mol. The van der Waals surface area contributed by atoms with Crippen molar-refractivity contribution in [2.75, 3.05) is 26.4 Å². The molecule has 208 valence electrons. The van der Waals surface area contributed by atoms with Gasteiger partial charge in [-0.05, 0) is 39.0 Å². The Morgan fingerprint density at radius 2 is 1.03 bits per heavy atom. The molecule has 0 unspecified atom stereocenters. The molecule has 0 amide bonds. The van der Waals surface area contributed by atoms with Gasteiger partial charge in [-0.15, -0.1) is 0 Å². The molecule has 0 aliphatic heterocycles. The summed E-state index contributed by atoms with van der Waals surface area (Å²) in [6, 6.07) is 0. The Morgan fingerprint density at radius 1 is 0.686 bits per heavy atom. The van der Waals surface area contributed by atoms with Gasteiger partial charge in [0.2, 0.25) is 0 Å². The van der Waals surface area contributed by atoms with Gasteiger partial charge in [-0.1, -0.05) is 77.0 Å². The van der Waals surface area contributed by atoms with Crippen molar-refractivity contribution in [2.45, 2.75) is 104 Å². The lowest BCUT2D eigenvalue weighted by atomic mass is 9.93. The lowest BCUT2D eigenvalue weighted by Crippen LogP contribution is -2.37. The summed E-state index contributed by atoms with van der Waals surface area (Å²) in [7, 11) is 0. The van der Waals surface area contributed by atoms with Gasteiger partial charge in [0.25, 0.3) is 0 Å². The molecule has 0 aromatic carbocycles. The Labute approximate surface area is 212 Å². The van der Waals surface area contributed by atoms with Gasteiger partial charge in [-0.3, -0.25) is 4.79 Å². The molecule has 6 N–H and O–H groups in total. The van der Waals surface area contributed by atoms with Crippen molar-refractivity contribution >= 4 is 11.9 Å². The maximum absolute atomic E-state index is 10.3. The predicted octanol–water partition coefficient (Wildman–Crippen LogP) is 4.70. The highest BCUT2D eigenvalue weighted by molar-refractivity contribution is 5.84. The van der Waals surface area contributed by atoms with Crippen LogP contribution in [0.5, 0.6) is 0 Å². The lowest BCUT2D eigenvalue weighted by molar-refractivity contribution is -0.137. The third kappa shape index (κ3) is 30.2. The summed E-state index contributed by atoms with van der Waals surface area (Å²) < 4.78 is 0. The maximum Gasteiger partial charge on any atom is 0.330 e. The quantitative estimate of drug-likeness (QED) is 0.0792. The highest BCUT2D eigenvalue weighted by atomic mass is 16.4. The molecule has 35 heavy (non-hydrogen) atoms. The first-order valence-corrected chi connectivity index (χ1v) is 12.8. The van der Waals surface area contributed by atoms with Crippen LogP contribution in [0, 0.1) is 5.41 Å². The zero-order chi connectivity index (χ0) is 27.4. The standard InChI is InChI=1S/C18H34O2.C5H12O4.C4H6O2/c1-2-3-4-5-6-7-8-9-10-11-12-13-14-15-16-17-18(19)20;6-1-5(2-7,3-8)4-9;1-3(2)4(5)6/h9-10H,2-8,11-17H2,1H3,(H,19,20);6-9H,1-4H2;1H2,2H3,(H,5,6)/b10-9-;;. The summed E-state index contributed by atoms with van der Waals surface area (Å²) in [6.07, 6.45) is 21.2. The fourth-order valence-corrected chi connectivity index (χ4v) is 2.65. The number of rotatable bonds is 20. The molecular weight excluding hydrogens is 452 g/mol. The van der Waals surface area contributed by atoms with Crippen LogP contribution >= 0.6 is 0 Å². The van der Waals surface area contributed by atoms with Crippen molar-refractivity contribution in [1.82, 2.24) is 0 Å². The van der Waals surface area contributed by atoms with E-state index in [1.165, 1.54) is 77.6 Å². The summed E-state index contributed by atoms with van der Waals surface area (Å²) >= 11 is 0. The highest BCUT2D eigenvalue weighted by Crippen LogP contribution is 2.12. The van der Waals surface area contributed by atoms with E-state index in [1.54, 1.807) is 0 Å². The van der Waals surface area contributed by atoms with Crippen LogP contribution in [0.2, 0.25) is 0 Å². The van der Waals surface area contributed by atoms with E-state index >= 15 is 0 Å². The van der Waals surface area contributed by atoms with E-state index in [0.717, 1.165) is 12.8 Å². The molecule has 0 heterocycles. The van der Waals surface area contributed by atoms with Crippen LogP contribution in [-0.2, 0) is 9.59 Å². The number of aliphatic hydroxyl groups is 4. The van der Waals surface area contributed by atoms with Crippen LogP contribution in [0.4, 0.5) is 0 Å². The van der Waals surface area contributed by atoms with Gasteiger partial charge < -0.3 is 30.6 Å². The normalized spacial score (nSPS) is 10.8. The van der Waals surface area contributed by atoms with Crippen LogP contribution in [-0.4, -0.2) is 69.0 Å². The van der Waals surface area contributed by atoms with Crippen LogP contribution in [0.1, 0.15) is 104 Å². The van der Waals surface area contributed by atoms with Gasteiger partial charge in [-0.25, -0.2) is 4.79 Å². The fourth-order valence-electron chi connectivity index (χ4n) is 2.65. The zero-order valence-electron chi connectivity index (χ0n) is 22.1. The van der Waals surface area contributed by atoms with E-state index in [9.17, 15) is 9.59 Å². The van der Waals surface area contributed by atoms with Crippen molar-refractivity contribution in [2.24, 2.45) is 5.41 Å². The number of hydrogen-bond donors (Lipinski definition) is 6. The van der Waals surface area contributed by atoms with E-state index in [-0.39, 0.29) is 5.57 Å². The molecule has 0 fully saturated rings. The van der Waals surface area contributed by atoms with Gasteiger partial charge in [0.15, 0.2) is 0 Å². The smallest absolute Gasteiger partial charge is 0.330 e. The first-order valence-electron chi connectivity index (χ1n) is 12.8. The maximum atomic E-state index is 10.3. The number of unbranched alkanes of at least 4 members (excludes halogenated alkanes) is 11. The second-order valence-electron chi connectivity index (χ2n) is 8.95. The zero-order valence-corrected chi connectivity index (χ0v) is 22.1. The minimum absolute atomic E-state index is 0.176. The molecule has 0 aromatic heterocycles. The lowest BCUT2D eigenvalue weighted by Gasteiger charge is -2.23. The number of carbonyl (C=O) groups is 2. The van der Waals surface area contributed by atoms with Crippen molar-refractivity contribution in [1.29, 1.82) is 0 Å². The topological polar surface area (TPSA) is 156 Å². The average Bonchev–Trinajstić information content (AvgIpc) is 2.84. The number of aliphatic carboxylic acids is 2. The summed E-state index contributed by atoms with van der Waals surface area (Å²) in [6.45, 7) is 5.24. The van der Waals surface area contributed by atoms with E-state index in [0.29, 0.717) is 6.42 Å². The van der Waals surface area contributed by atoms with Gasteiger partial charge in [0.1, 0.15) is 0 Å². The molecule has 0 rings (SSSR count). The largest absolute Gasteiger partial charge is 0.481 e. The second-order valence-corrected chi connectivity index (χ2v) is 8.95. The SMILES string of the molecule is C=C(C)C(=O)O.CCCCCCCC/C=C\CCCCCCCC(=O)O.OCC(CO)(CO)CO. The van der Waals surface area contributed by atoms with Crippen molar-refractivity contribution in [3.63, 3.8) is 0 Å². The molecule has 0 radical (unpaired) electrons. The first-order chi connectivity index (χ1) is 16.7. The molecule has 8 heteroatoms. The molecule has 0 aromatic rings. The van der Waals surface area contributed by atoms with Crippen LogP contribution in [0.25, 0.3) is 0 Å². The minimum atomic E-state index is -1.11. The van der Waals surface area contributed by atoms with Crippen LogP contribution in [0.15, 0.2) is 24.3 Å². The molecule has 0 saturated carbocycles. The van der Waals surface area contributed by atoms with E-state index in [2.05, 4.69) is 25.7 Å². The molecule has 0 spiro atoms. The molecule has 0 aliphatic carbocycles. The number of hydrogen-bond acceptors (Lipinski definition) is 6. The van der Waals surface area contributed by atoms with Gasteiger partial charge in [0.05, 0.1) is 31.8 Å². The van der Waals surface area contributed by atoms with Crippen molar-refractivity contribution < 1.29 is 40.2 Å². The molecule has 8 nitrogen and oxygen atoms in total. The number of carboxylic acids is 2. The number of allylic oxidation sites excluding steroid dienone is 2. The Kier molecular flexibility index (Phi) is 30.8. The Hall–Kier alpha value is -1.74. The van der Waals surface area contributed by atoms with E-state index in [1.807, 2.05) is 0 Å². The Balaban J connectivity index is -0.000000559. The third-order valence-corrected chi connectivity index (χ3v) is 5.36. The molecule has 0 atom stereocenters. The monoisotopic (exact) mass is 504 g/mol. The number of aliphatic hydroxyl groups excluding tert-OH is 4. The third-order valence-electron chi connectivity index (χ3n) is 5.36. The van der Waals surface area contributed by atoms with Crippen molar-refractivity contribution in [3.8, 4) is 0 Å². The minimum Gasteiger partial charge on any atom is -0.481 e. The van der Waals surface area contributed by atoms with Gasteiger partial charge in [0, 0.05) is 12.0 Å². The van der Waals surface area contributed by atoms with Crippen LogP contribution in [0.3, 0.4) is 0 Å². The highest BCUT2D eigenvalue weighted by Gasteiger charge is 2.26. The summed E-state index contributed by atoms with van der Waals surface area (Å²) in [5.41, 5.74) is -0.935. The van der Waals surface area contributed by atoms with E-state index < -0.39 is 43.8 Å². The molecular formula is C27H52O8. The summed E-state index contributed by atoms with van der Waals surface area (Å²) in [5.74, 6) is -1.60. The average molecular weight is 505 g/mol. The molecule has 0 saturated heterocycles. The second kappa shape index (κ2) is 28.5. The molecule has 0 aliphatic rings. The fraction of sp³-hybridized carbons (Fsp3) is 0.778. The Morgan fingerprint density at radius 3 is 1.31 bits per heavy atom.